The van der Waals surface area contributed by atoms with Crippen LogP contribution in [-0.4, -0.2) is 23.5 Å². The summed E-state index contributed by atoms with van der Waals surface area (Å²) in [6.45, 7) is 1.85. The molecule has 0 aliphatic heterocycles. The van der Waals surface area contributed by atoms with Crippen LogP contribution in [0, 0.1) is 0 Å². The van der Waals surface area contributed by atoms with Gasteiger partial charge < -0.3 is 10.1 Å². The summed E-state index contributed by atoms with van der Waals surface area (Å²) >= 11 is 9.11. The maximum Gasteiger partial charge on any atom is 0.396 e. The summed E-state index contributed by atoms with van der Waals surface area (Å²) in [6.07, 6.45) is 1.55. The maximum absolute atomic E-state index is 11.2. The van der Waals surface area contributed by atoms with Gasteiger partial charge >= 0.3 is 11.9 Å². The first-order chi connectivity index (χ1) is 8.04. The van der Waals surface area contributed by atoms with E-state index >= 15 is 0 Å². The SMILES string of the molecule is CCOC(=O)C(=O)NCc1ncc(Br)cc1Cl. The van der Waals surface area contributed by atoms with E-state index in [0.717, 1.165) is 4.47 Å². The number of amides is 1. The van der Waals surface area contributed by atoms with E-state index in [4.69, 9.17) is 11.6 Å². The summed E-state index contributed by atoms with van der Waals surface area (Å²) < 4.78 is 5.27. The van der Waals surface area contributed by atoms with Gasteiger partial charge in [-0.2, -0.15) is 0 Å². The minimum atomic E-state index is -0.916. The predicted molar refractivity (Wildman–Crippen MR) is 65.4 cm³/mol. The lowest BCUT2D eigenvalue weighted by Gasteiger charge is -2.05. The molecule has 17 heavy (non-hydrogen) atoms. The van der Waals surface area contributed by atoms with Gasteiger partial charge in [-0.1, -0.05) is 11.6 Å². The van der Waals surface area contributed by atoms with Crippen LogP contribution in [0.5, 0.6) is 0 Å². The first kappa shape index (κ1) is 13.9. The molecule has 0 aliphatic rings. The number of halogens is 2. The highest BCUT2D eigenvalue weighted by Gasteiger charge is 2.14. The van der Waals surface area contributed by atoms with Crippen LogP contribution in [0.2, 0.25) is 5.02 Å². The molecule has 0 atom stereocenters. The lowest BCUT2D eigenvalue weighted by Crippen LogP contribution is -2.32. The Hall–Kier alpha value is -1.14. The van der Waals surface area contributed by atoms with Gasteiger partial charge in [0.2, 0.25) is 0 Å². The number of hydrogen-bond acceptors (Lipinski definition) is 4. The molecule has 0 saturated heterocycles. The van der Waals surface area contributed by atoms with Crippen molar-refractivity contribution in [2.75, 3.05) is 6.61 Å². The molecule has 7 heteroatoms. The Labute approximate surface area is 112 Å². The topological polar surface area (TPSA) is 68.3 Å². The second-order valence-corrected chi connectivity index (χ2v) is 4.31. The molecule has 0 radical (unpaired) electrons. The van der Waals surface area contributed by atoms with Crippen molar-refractivity contribution in [2.45, 2.75) is 13.5 Å². The number of carbonyl (C=O) groups excluding carboxylic acids is 2. The molecule has 1 amide bonds. The third kappa shape index (κ3) is 4.32. The highest BCUT2D eigenvalue weighted by Crippen LogP contribution is 2.18. The molecule has 1 aromatic rings. The number of hydrogen-bond donors (Lipinski definition) is 1. The molecule has 0 unspecified atom stereocenters. The summed E-state index contributed by atoms with van der Waals surface area (Å²) in [5.74, 6) is -1.73. The average molecular weight is 322 g/mol. The summed E-state index contributed by atoms with van der Waals surface area (Å²) in [4.78, 5) is 26.2. The highest BCUT2D eigenvalue weighted by atomic mass is 79.9. The van der Waals surface area contributed by atoms with Crippen molar-refractivity contribution in [2.24, 2.45) is 0 Å². The van der Waals surface area contributed by atoms with Crippen molar-refractivity contribution in [1.29, 1.82) is 0 Å². The average Bonchev–Trinajstić information content (AvgIpc) is 2.27. The van der Waals surface area contributed by atoms with Crippen molar-refractivity contribution in [1.82, 2.24) is 10.3 Å². The number of esters is 1. The van der Waals surface area contributed by atoms with Gasteiger partial charge in [0.1, 0.15) is 0 Å². The monoisotopic (exact) mass is 320 g/mol. The van der Waals surface area contributed by atoms with E-state index in [1.165, 1.54) is 0 Å². The fourth-order valence-corrected chi connectivity index (χ4v) is 1.70. The summed E-state index contributed by atoms with van der Waals surface area (Å²) in [5.41, 5.74) is 0.479. The molecule has 1 N–H and O–H groups in total. The predicted octanol–water partition coefficient (Wildman–Crippen LogP) is 1.68. The summed E-state index contributed by atoms with van der Waals surface area (Å²) in [5, 5.41) is 2.77. The fraction of sp³-hybridized carbons (Fsp3) is 0.300. The lowest BCUT2D eigenvalue weighted by atomic mass is 10.3. The summed E-state index contributed by atoms with van der Waals surface area (Å²) in [6, 6.07) is 1.65. The van der Waals surface area contributed by atoms with E-state index in [9.17, 15) is 9.59 Å². The Morgan fingerprint density at radius 3 is 2.88 bits per heavy atom. The number of carbonyl (C=O) groups is 2. The Balaban J connectivity index is 2.56. The number of nitrogens with one attached hydrogen (secondary N) is 1. The number of ether oxygens (including phenoxy) is 1. The van der Waals surface area contributed by atoms with Gasteiger partial charge in [-0.15, -0.1) is 0 Å². The minimum Gasteiger partial charge on any atom is -0.459 e. The number of pyridine rings is 1. The molecule has 92 valence electrons. The minimum absolute atomic E-state index is 0.0732. The van der Waals surface area contributed by atoms with Crippen LogP contribution in [0.15, 0.2) is 16.7 Å². The summed E-state index contributed by atoms with van der Waals surface area (Å²) in [7, 11) is 0. The highest BCUT2D eigenvalue weighted by molar-refractivity contribution is 9.10. The fourth-order valence-electron chi connectivity index (χ4n) is 1.01. The smallest absolute Gasteiger partial charge is 0.396 e. The molecule has 0 aliphatic carbocycles. The standard InChI is InChI=1S/C10H10BrClN2O3/c1-2-17-10(16)9(15)14-5-8-7(12)3-6(11)4-13-8/h3-4H,2,5H2,1H3,(H,14,15). The lowest BCUT2D eigenvalue weighted by molar-refractivity contribution is -0.154. The first-order valence-electron chi connectivity index (χ1n) is 4.79. The van der Waals surface area contributed by atoms with Gasteiger partial charge in [-0.3, -0.25) is 9.78 Å². The van der Waals surface area contributed by atoms with Crippen molar-refractivity contribution in [3.05, 3.63) is 27.5 Å². The van der Waals surface area contributed by atoms with Crippen LogP contribution in [0.1, 0.15) is 12.6 Å². The van der Waals surface area contributed by atoms with E-state index in [-0.39, 0.29) is 13.2 Å². The van der Waals surface area contributed by atoms with E-state index in [0.29, 0.717) is 10.7 Å². The molecule has 1 rings (SSSR count). The van der Waals surface area contributed by atoms with E-state index < -0.39 is 11.9 Å². The molecule has 1 heterocycles. The second-order valence-electron chi connectivity index (χ2n) is 2.99. The largest absolute Gasteiger partial charge is 0.459 e. The van der Waals surface area contributed by atoms with Crippen molar-refractivity contribution < 1.29 is 14.3 Å². The van der Waals surface area contributed by atoms with Crippen LogP contribution in [0.3, 0.4) is 0 Å². The first-order valence-corrected chi connectivity index (χ1v) is 5.96. The Kier molecular flexibility index (Phi) is 5.37. The zero-order chi connectivity index (χ0) is 12.8. The zero-order valence-corrected chi connectivity index (χ0v) is 11.3. The van der Waals surface area contributed by atoms with Crippen molar-refractivity contribution in [3.8, 4) is 0 Å². The number of nitrogens with zero attached hydrogens (tertiary/aromatic N) is 1. The van der Waals surface area contributed by atoms with Crippen LogP contribution >= 0.6 is 27.5 Å². The molecule has 0 fully saturated rings. The third-order valence-electron chi connectivity index (χ3n) is 1.76. The van der Waals surface area contributed by atoms with Gasteiger partial charge in [0, 0.05) is 10.7 Å². The molecule has 0 aromatic carbocycles. The van der Waals surface area contributed by atoms with Crippen molar-refractivity contribution >= 4 is 39.4 Å². The Morgan fingerprint density at radius 2 is 2.29 bits per heavy atom. The third-order valence-corrected chi connectivity index (χ3v) is 2.52. The van der Waals surface area contributed by atoms with Crippen LogP contribution < -0.4 is 5.32 Å². The maximum atomic E-state index is 11.2. The van der Waals surface area contributed by atoms with E-state index in [1.54, 1.807) is 19.2 Å². The van der Waals surface area contributed by atoms with Crippen LogP contribution in [0.4, 0.5) is 0 Å². The molecule has 5 nitrogen and oxygen atoms in total. The normalized spacial score (nSPS) is 9.82. The Bertz CT molecular complexity index is 440. The number of rotatable bonds is 3. The van der Waals surface area contributed by atoms with E-state index in [1.807, 2.05) is 0 Å². The van der Waals surface area contributed by atoms with Crippen molar-refractivity contribution in [3.63, 3.8) is 0 Å². The second kappa shape index (κ2) is 6.56. The van der Waals surface area contributed by atoms with Gasteiger partial charge in [-0.05, 0) is 28.9 Å². The Morgan fingerprint density at radius 1 is 1.59 bits per heavy atom. The van der Waals surface area contributed by atoms with Gasteiger partial charge in [-0.25, -0.2) is 4.79 Å². The van der Waals surface area contributed by atoms with Gasteiger partial charge in [0.05, 0.1) is 23.9 Å². The molecule has 0 saturated carbocycles. The molecule has 0 spiro atoms. The molecular formula is C10H10BrClN2O3. The van der Waals surface area contributed by atoms with Crippen LogP contribution in [0.25, 0.3) is 0 Å². The van der Waals surface area contributed by atoms with Gasteiger partial charge in [0.15, 0.2) is 0 Å². The zero-order valence-electron chi connectivity index (χ0n) is 9.00. The molecule has 1 aromatic heterocycles. The molecule has 0 bridgehead atoms. The van der Waals surface area contributed by atoms with Gasteiger partial charge in [0.25, 0.3) is 0 Å². The number of aromatic nitrogens is 1. The van der Waals surface area contributed by atoms with E-state index in [2.05, 4.69) is 31.0 Å². The van der Waals surface area contributed by atoms with Crippen LogP contribution in [-0.2, 0) is 20.9 Å². The molecular weight excluding hydrogens is 311 g/mol. The quantitative estimate of drug-likeness (QED) is 0.679.